The van der Waals surface area contributed by atoms with Crippen LogP contribution >= 0.6 is 11.3 Å². The lowest BCUT2D eigenvalue weighted by Crippen LogP contribution is -2.03. The molecule has 0 fully saturated rings. The van der Waals surface area contributed by atoms with E-state index < -0.39 is 0 Å². The van der Waals surface area contributed by atoms with E-state index in [-0.39, 0.29) is 0 Å². The average Bonchev–Trinajstić information content (AvgIpc) is 3.58. The van der Waals surface area contributed by atoms with Gasteiger partial charge < -0.3 is 0 Å². The summed E-state index contributed by atoms with van der Waals surface area (Å²) in [4.78, 5) is 10.4. The van der Waals surface area contributed by atoms with E-state index in [9.17, 15) is 0 Å². The number of thiophene rings is 1. The molecule has 0 atom stereocenters. The molecule has 0 bridgehead atoms. The van der Waals surface area contributed by atoms with Crippen LogP contribution in [0, 0.1) is 0 Å². The first-order valence-electron chi connectivity index (χ1n) is 14.1. The molecule has 4 heteroatoms. The minimum absolute atomic E-state index is 0.680. The lowest BCUT2D eigenvalue weighted by Gasteiger charge is -2.12. The Morgan fingerprint density at radius 1 is 0.429 bits per heavy atom. The van der Waals surface area contributed by atoms with Gasteiger partial charge in [0, 0.05) is 41.9 Å². The maximum atomic E-state index is 5.28. The average molecular weight is 554 g/mol. The van der Waals surface area contributed by atoms with Crippen molar-refractivity contribution in [2.45, 2.75) is 0 Å². The zero-order chi connectivity index (χ0) is 27.6. The topological polar surface area (TPSA) is 30.7 Å². The lowest BCUT2D eigenvalue weighted by atomic mass is 10.0. The number of benzene rings is 6. The fraction of sp³-hybridized carbons (Fsp3) is 0. The Labute approximate surface area is 246 Å². The van der Waals surface area contributed by atoms with E-state index in [1.165, 1.54) is 42.1 Å². The third kappa shape index (κ3) is 3.52. The molecule has 0 unspecified atom stereocenters. The summed E-state index contributed by atoms with van der Waals surface area (Å²) < 4.78 is 4.84. The molecule has 3 heterocycles. The first-order valence-corrected chi connectivity index (χ1v) is 14.9. The van der Waals surface area contributed by atoms with Gasteiger partial charge in [-0.05, 0) is 47.5 Å². The second-order valence-electron chi connectivity index (χ2n) is 10.7. The number of hydrogen-bond donors (Lipinski definition) is 0. The van der Waals surface area contributed by atoms with Gasteiger partial charge in [-0.1, -0.05) is 103 Å². The van der Waals surface area contributed by atoms with Crippen LogP contribution in [0.25, 0.3) is 81.2 Å². The largest absolute Gasteiger partial charge is 0.278 e. The molecule has 3 nitrogen and oxygen atoms in total. The van der Waals surface area contributed by atoms with Crippen LogP contribution in [-0.4, -0.2) is 14.5 Å². The van der Waals surface area contributed by atoms with Gasteiger partial charge in [-0.25, -0.2) is 9.97 Å². The second kappa shape index (κ2) is 9.10. The lowest BCUT2D eigenvalue weighted by molar-refractivity contribution is 1.01. The number of nitrogens with zero attached hydrogens (tertiary/aromatic N) is 3. The summed E-state index contributed by atoms with van der Waals surface area (Å²) in [5, 5.41) is 6.00. The Hall–Kier alpha value is -5.32. The number of rotatable bonds is 3. The van der Waals surface area contributed by atoms with E-state index in [4.69, 9.17) is 9.97 Å². The summed E-state index contributed by atoms with van der Waals surface area (Å²) >= 11 is 1.85. The second-order valence-corrected chi connectivity index (χ2v) is 11.7. The highest BCUT2D eigenvalue weighted by Crippen LogP contribution is 2.41. The van der Waals surface area contributed by atoms with Gasteiger partial charge in [0.25, 0.3) is 0 Å². The predicted octanol–water partition coefficient (Wildman–Crippen LogP) is 10.4. The Kier molecular flexibility index (Phi) is 5.07. The van der Waals surface area contributed by atoms with Crippen molar-refractivity contribution in [1.29, 1.82) is 0 Å². The minimum atomic E-state index is 0.680. The third-order valence-corrected chi connectivity index (χ3v) is 9.34. The maximum absolute atomic E-state index is 5.28. The van der Waals surface area contributed by atoms with E-state index in [1.54, 1.807) is 0 Å². The summed E-state index contributed by atoms with van der Waals surface area (Å²) in [5.41, 5.74) is 7.56. The zero-order valence-electron chi connectivity index (χ0n) is 22.5. The van der Waals surface area contributed by atoms with Crippen molar-refractivity contribution in [3.63, 3.8) is 0 Å². The highest BCUT2D eigenvalue weighted by molar-refractivity contribution is 7.25. The number of fused-ring (bicyclic) bond motifs is 7. The molecule has 6 aromatic carbocycles. The Bertz CT molecular complexity index is 2460. The number of para-hydroxylation sites is 1. The zero-order valence-corrected chi connectivity index (χ0v) is 23.3. The number of hydrogen-bond acceptors (Lipinski definition) is 3. The summed E-state index contributed by atoms with van der Waals surface area (Å²) in [5.74, 6) is 0.680. The summed E-state index contributed by atoms with van der Waals surface area (Å²) in [6.45, 7) is 0. The summed E-state index contributed by atoms with van der Waals surface area (Å²) in [6.07, 6.45) is 0. The molecule has 3 aromatic heterocycles. The van der Waals surface area contributed by atoms with Gasteiger partial charge in [0.15, 0.2) is 0 Å². The van der Waals surface area contributed by atoms with Crippen LogP contribution in [0.15, 0.2) is 140 Å². The minimum Gasteiger partial charge on any atom is -0.278 e. The van der Waals surface area contributed by atoms with E-state index in [1.807, 2.05) is 23.5 Å². The van der Waals surface area contributed by atoms with Crippen LogP contribution in [-0.2, 0) is 0 Å². The van der Waals surface area contributed by atoms with Crippen LogP contribution in [0.3, 0.4) is 0 Å². The van der Waals surface area contributed by atoms with Crippen molar-refractivity contribution < 1.29 is 0 Å². The molecule has 0 amide bonds. The fourth-order valence-corrected chi connectivity index (χ4v) is 7.37. The molecule has 0 spiro atoms. The van der Waals surface area contributed by atoms with E-state index in [2.05, 4.69) is 132 Å². The summed E-state index contributed by atoms with van der Waals surface area (Å²) in [6, 6.07) is 49.5. The quantitative estimate of drug-likeness (QED) is 0.218. The molecule has 0 saturated heterocycles. The van der Waals surface area contributed by atoms with Crippen LogP contribution in [0.4, 0.5) is 0 Å². The molecule has 9 aromatic rings. The molecular formula is C38H23N3S. The normalized spacial score (nSPS) is 11.8. The van der Waals surface area contributed by atoms with Gasteiger partial charge in [0.05, 0.1) is 22.2 Å². The first-order chi connectivity index (χ1) is 20.8. The first kappa shape index (κ1) is 23.4. The Morgan fingerprint density at radius 2 is 1.12 bits per heavy atom. The molecule has 0 N–H and O–H groups in total. The van der Waals surface area contributed by atoms with E-state index in [0.29, 0.717) is 5.95 Å². The van der Waals surface area contributed by atoms with Gasteiger partial charge in [-0.3, -0.25) is 4.57 Å². The maximum Gasteiger partial charge on any atom is 0.235 e. The van der Waals surface area contributed by atoms with Crippen molar-refractivity contribution >= 4 is 64.2 Å². The SMILES string of the molecule is c1ccc(-c2ccc3c(c2)c2cc4sc5ccccc5c4cc2n3-c2nc(-c3ccccc3)c3ccccc3n2)cc1. The van der Waals surface area contributed by atoms with Gasteiger partial charge >= 0.3 is 0 Å². The van der Waals surface area contributed by atoms with Crippen molar-refractivity contribution in [3.8, 4) is 28.3 Å². The van der Waals surface area contributed by atoms with Crippen LogP contribution < -0.4 is 0 Å². The molecule has 0 saturated carbocycles. The fourth-order valence-electron chi connectivity index (χ4n) is 6.24. The molecule has 9 rings (SSSR count). The molecule has 0 aliphatic heterocycles. The standard InChI is InChI=1S/C38H23N3S/c1-3-11-24(12-4-1)26-19-20-33-29(21-26)30-23-36-31(27-15-8-10-18-35(27)42-36)22-34(30)41(33)38-39-32-17-9-7-16-28(32)37(40-38)25-13-5-2-6-14-25/h1-23H. The van der Waals surface area contributed by atoms with E-state index in [0.717, 1.165) is 33.2 Å². The number of aromatic nitrogens is 3. The molecule has 0 aliphatic carbocycles. The summed E-state index contributed by atoms with van der Waals surface area (Å²) in [7, 11) is 0. The van der Waals surface area contributed by atoms with Gasteiger partial charge in [-0.2, -0.15) is 0 Å². The van der Waals surface area contributed by atoms with Crippen LogP contribution in [0.1, 0.15) is 0 Å². The van der Waals surface area contributed by atoms with Gasteiger partial charge in [0.2, 0.25) is 5.95 Å². The predicted molar refractivity (Wildman–Crippen MR) is 178 cm³/mol. The van der Waals surface area contributed by atoms with Crippen molar-refractivity contribution in [3.05, 3.63) is 140 Å². The molecule has 0 aliphatic rings. The molecule has 0 radical (unpaired) electrons. The van der Waals surface area contributed by atoms with Gasteiger partial charge in [-0.15, -0.1) is 11.3 Å². The van der Waals surface area contributed by atoms with Crippen molar-refractivity contribution in [2.75, 3.05) is 0 Å². The van der Waals surface area contributed by atoms with E-state index >= 15 is 0 Å². The van der Waals surface area contributed by atoms with Crippen LogP contribution in [0.2, 0.25) is 0 Å². The van der Waals surface area contributed by atoms with Crippen molar-refractivity contribution in [2.24, 2.45) is 0 Å². The third-order valence-electron chi connectivity index (χ3n) is 8.21. The van der Waals surface area contributed by atoms with Gasteiger partial charge in [0.1, 0.15) is 0 Å². The Balaban J connectivity index is 1.42. The smallest absolute Gasteiger partial charge is 0.235 e. The Morgan fingerprint density at radius 3 is 1.95 bits per heavy atom. The molecular weight excluding hydrogens is 531 g/mol. The highest BCUT2D eigenvalue weighted by atomic mass is 32.1. The highest BCUT2D eigenvalue weighted by Gasteiger charge is 2.19. The molecule has 196 valence electrons. The van der Waals surface area contributed by atoms with Crippen LogP contribution in [0.5, 0.6) is 0 Å². The van der Waals surface area contributed by atoms with Crippen molar-refractivity contribution in [1.82, 2.24) is 14.5 Å². The monoisotopic (exact) mass is 553 g/mol. The molecule has 42 heavy (non-hydrogen) atoms.